The maximum absolute atomic E-state index is 15.6. The molecule has 2 saturated heterocycles. The molecule has 0 aromatic rings. The van der Waals surface area contributed by atoms with Gasteiger partial charge in [-0.3, -0.25) is 67.3 Å². The van der Waals surface area contributed by atoms with Crippen LogP contribution in [0.5, 0.6) is 0 Å². The minimum Gasteiger partial charge on any atom is -0.459 e. The van der Waals surface area contributed by atoms with Crippen LogP contribution in [0.15, 0.2) is 12.2 Å². The number of piperazine rings is 1. The molecule has 2 rings (SSSR count). The maximum Gasteiger partial charge on any atom is 0.401 e. The number of amides is 11. The normalized spacial score (nSPS) is 27.3. The molecule has 2 fully saturated rings. The summed E-state index contributed by atoms with van der Waals surface area (Å²) >= 11 is 0. The van der Waals surface area contributed by atoms with Crippen LogP contribution in [0.25, 0.3) is 0 Å². The van der Waals surface area contributed by atoms with Crippen molar-refractivity contribution in [1.29, 1.82) is 0 Å². The predicted octanol–water partition coefficient (Wildman–Crippen LogP) is 3.33. The molecule has 0 bridgehead atoms. The number of nitrogens with one attached hydrogen (secondary N) is 4. The Balaban J connectivity index is 3.08. The number of ether oxygens (including phenoxy) is 2. The van der Waals surface area contributed by atoms with Gasteiger partial charge >= 0.3 is 12.1 Å². The summed E-state index contributed by atoms with van der Waals surface area (Å²) in [6.45, 7) is 27.6. The molecule has 2 aliphatic rings. The molecule has 2 aliphatic heterocycles. The van der Waals surface area contributed by atoms with Gasteiger partial charge in [-0.1, -0.05) is 102 Å². The Kier molecular flexibility index (Phi) is 37.2. The number of rotatable bonds is 20. The molecule has 28 nitrogen and oxygen atoms in total. The Hall–Kier alpha value is -6.99. The molecule has 0 aromatic heterocycles. The fourth-order valence-corrected chi connectivity index (χ4v) is 13.2. The number of aliphatic hydroxyl groups is 1. The Morgan fingerprint density at radius 1 is 0.573 bits per heavy atom. The van der Waals surface area contributed by atoms with Gasteiger partial charge in [-0.05, 0) is 102 Å². The van der Waals surface area contributed by atoms with Crippen LogP contribution in [0.2, 0.25) is 0 Å². The number of likely N-dealkylation sites (N-methyl/N-ethyl adjacent to an activating group) is 7. The smallest absolute Gasteiger partial charge is 0.401 e. The maximum atomic E-state index is 15.6. The van der Waals surface area contributed by atoms with Crippen molar-refractivity contribution in [2.45, 2.75) is 242 Å². The molecule has 11 amide bonds. The molecule has 0 spiro atoms. The van der Waals surface area contributed by atoms with Crippen molar-refractivity contribution in [3.63, 3.8) is 0 Å². The van der Waals surface area contributed by atoms with Crippen LogP contribution in [-0.4, -0.2) is 300 Å². The van der Waals surface area contributed by atoms with Gasteiger partial charge in [0.15, 0.2) is 0 Å². The number of halogens is 3. The molecule has 5 N–H and O–H groups in total. The Labute approximate surface area is 609 Å². The van der Waals surface area contributed by atoms with E-state index < -0.39 is 193 Å². The monoisotopic (exact) mass is 1470 g/mol. The van der Waals surface area contributed by atoms with Crippen molar-refractivity contribution in [3.05, 3.63) is 12.2 Å². The van der Waals surface area contributed by atoms with Crippen molar-refractivity contribution in [1.82, 2.24) is 65.4 Å². The van der Waals surface area contributed by atoms with Gasteiger partial charge in [0, 0.05) is 81.3 Å². The lowest BCUT2D eigenvalue weighted by Crippen LogP contribution is -2.64. The van der Waals surface area contributed by atoms with E-state index in [-0.39, 0.29) is 82.6 Å². The van der Waals surface area contributed by atoms with Gasteiger partial charge in [0.05, 0.1) is 25.2 Å². The second-order valence-corrected chi connectivity index (χ2v) is 30.3. The SMILES string of the molecule is CC=CCC(C)C(OC(C)=O)C1C(=O)NC(CC)C(=O)N(C)C(C)C(=O)N(C)C(C(C)COCC(=O)N2CCN(CC(F)(F)F)CC2)C(=O)NC(C(C)C)C(=O)N(C)C(CC(C)C)C(=O)NC(C)C(=O)NC(C)C(O)N(C)C(CC(C)C)C(=O)N(C)C(CC(C)C)C(=O)N(C)C(C(C)C)C(=O)N1C. The van der Waals surface area contributed by atoms with E-state index >= 15 is 28.8 Å². The number of carbonyl (C=O) groups excluding carboxylic acids is 12. The first-order valence-electron chi connectivity index (χ1n) is 36.2. The second kappa shape index (κ2) is 41.6. The first-order chi connectivity index (χ1) is 47.6. The molecule has 0 aliphatic carbocycles. The highest BCUT2D eigenvalue weighted by Gasteiger charge is 2.48. The zero-order valence-corrected chi connectivity index (χ0v) is 66.0. The zero-order valence-electron chi connectivity index (χ0n) is 66.0. The van der Waals surface area contributed by atoms with Crippen LogP contribution in [0.4, 0.5) is 13.2 Å². The molecule has 15 unspecified atom stereocenters. The Bertz CT molecular complexity index is 2890. The van der Waals surface area contributed by atoms with Crippen LogP contribution in [0.3, 0.4) is 0 Å². The van der Waals surface area contributed by atoms with E-state index in [1.54, 1.807) is 60.6 Å². The van der Waals surface area contributed by atoms with Gasteiger partial charge in [0.25, 0.3) is 0 Å². The largest absolute Gasteiger partial charge is 0.459 e. The van der Waals surface area contributed by atoms with Gasteiger partial charge < -0.3 is 70.1 Å². The number of hydrogen-bond donors (Lipinski definition) is 5. The fraction of sp³-hybridized carbons (Fsp3) is 0.806. The average molecular weight is 1470 g/mol. The van der Waals surface area contributed by atoms with Crippen LogP contribution in [0.1, 0.15) is 157 Å². The number of allylic oxidation sites excluding steroid dienone is 2. The van der Waals surface area contributed by atoms with Gasteiger partial charge in [-0.15, -0.1) is 0 Å². The molecular formula is C72H126F3N13O15. The molecule has 590 valence electrons. The van der Waals surface area contributed by atoms with E-state index in [9.17, 15) is 47.0 Å². The summed E-state index contributed by atoms with van der Waals surface area (Å²) in [5, 5.41) is 23.1. The molecule has 0 saturated carbocycles. The Morgan fingerprint density at radius 2 is 1.07 bits per heavy atom. The van der Waals surface area contributed by atoms with Gasteiger partial charge in [-0.2, -0.15) is 13.2 Å². The van der Waals surface area contributed by atoms with E-state index in [0.29, 0.717) is 0 Å². The van der Waals surface area contributed by atoms with E-state index in [1.165, 1.54) is 102 Å². The summed E-state index contributed by atoms with van der Waals surface area (Å²) in [7, 11) is 9.67. The molecule has 31 heteroatoms. The number of alkyl halides is 3. The van der Waals surface area contributed by atoms with Crippen LogP contribution >= 0.6 is 0 Å². The number of aliphatic hydroxyl groups excluding tert-OH is 1. The standard InChI is InChI=1S/C72H126F3N13O15/c1-26-28-29-45(13)60(103-50(18)89)59-64(94)78-51(27-2)67(97)80(19)49(17)66(96)85(24)58(46(14)37-102-38-55(90)88-32-30-87(31-33-88)39-72(73,74)75)63(93)79-56(43(9)10)70(100)81(20)52(34-40(3)4)62(92)76-47(15)61(91)77-48(16)65(95)82(21)53(35-41(5)6)68(98)83(22)54(36-42(7)8)69(99)84(23)57(44(11)12)71(101)86(59)25/h26,28,40-49,51-54,56-60,65,95H,27,29-39H2,1-25H3,(H,76,92)(H,77,91)(H,78,94)(H,79,93). The van der Waals surface area contributed by atoms with Gasteiger partial charge in [-0.25, -0.2) is 0 Å². The summed E-state index contributed by atoms with van der Waals surface area (Å²) < 4.78 is 51.4. The third-order valence-electron chi connectivity index (χ3n) is 19.5. The van der Waals surface area contributed by atoms with Crippen LogP contribution in [-0.2, 0) is 67.0 Å². The number of carbonyl (C=O) groups is 12. The molecule has 2 heterocycles. The first-order valence-corrected chi connectivity index (χ1v) is 36.2. The average Bonchev–Trinajstić information content (AvgIpc) is 0.798. The van der Waals surface area contributed by atoms with Crippen molar-refractivity contribution in [3.8, 4) is 0 Å². The topological polar surface area (TPSA) is 321 Å². The number of hydrogen-bond acceptors (Lipinski definition) is 17. The minimum atomic E-state index is -4.44. The fourth-order valence-electron chi connectivity index (χ4n) is 13.2. The number of esters is 1. The van der Waals surface area contributed by atoms with Crippen molar-refractivity contribution in [2.24, 2.45) is 41.4 Å². The summed E-state index contributed by atoms with van der Waals surface area (Å²) in [6.07, 6.45) is -3.33. The third kappa shape index (κ3) is 26.5. The third-order valence-corrected chi connectivity index (χ3v) is 19.5. The Morgan fingerprint density at radius 3 is 1.56 bits per heavy atom. The summed E-state index contributed by atoms with van der Waals surface area (Å²) in [4.78, 5) is 188. The lowest BCUT2D eigenvalue weighted by molar-refractivity contribution is -0.164. The molecule has 15 atom stereocenters. The summed E-state index contributed by atoms with van der Waals surface area (Å²) in [6, 6.07) is -14.7. The highest BCUT2D eigenvalue weighted by atomic mass is 19.4. The quantitative estimate of drug-likeness (QED) is 0.0862. The summed E-state index contributed by atoms with van der Waals surface area (Å²) in [5.74, 6) is -12.7. The van der Waals surface area contributed by atoms with Crippen LogP contribution in [0, 0.1) is 41.4 Å². The minimum absolute atomic E-state index is 0.0125. The molecule has 103 heavy (non-hydrogen) atoms. The molecule has 0 aromatic carbocycles. The lowest BCUT2D eigenvalue weighted by Gasteiger charge is -2.42. The van der Waals surface area contributed by atoms with Gasteiger partial charge in [0.1, 0.15) is 73.3 Å². The zero-order chi connectivity index (χ0) is 79.3. The first kappa shape index (κ1) is 92.1. The van der Waals surface area contributed by atoms with E-state index in [0.717, 1.165) is 26.5 Å². The number of nitrogens with zero attached hydrogens (tertiary/aromatic N) is 9. The van der Waals surface area contributed by atoms with E-state index in [1.807, 2.05) is 41.5 Å². The van der Waals surface area contributed by atoms with Crippen molar-refractivity contribution in [2.75, 3.05) is 95.3 Å². The van der Waals surface area contributed by atoms with Crippen molar-refractivity contribution < 1.29 is 85.3 Å². The summed E-state index contributed by atoms with van der Waals surface area (Å²) in [5.41, 5.74) is 0. The predicted molar refractivity (Wildman–Crippen MR) is 383 cm³/mol. The van der Waals surface area contributed by atoms with Gasteiger partial charge in [0.2, 0.25) is 65.0 Å². The molecule has 0 radical (unpaired) electrons. The highest BCUT2D eigenvalue weighted by Crippen LogP contribution is 2.28. The lowest BCUT2D eigenvalue weighted by atomic mass is 9.91. The van der Waals surface area contributed by atoms with Crippen molar-refractivity contribution >= 4 is 70.9 Å². The van der Waals surface area contributed by atoms with E-state index in [4.69, 9.17) is 9.47 Å². The second-order valence-electron chi connectivity index (χ2n) is 30.3. The molecular weight excluding hydrogens is 1340 g/mol. The highest BCUT2D eigenvalue weighted by molar-refractivity contribution is 5.99. The van der Waals surface area contributed by atoms with E-state index in [2.05, 4.69) is 21.3 Å². The van der Waals surface area contributed by atoms with Crippen LogP contribution < -0.4 is 21.3 Å².